The second kappa shape index (κ2) is 6.85. The Morgan fingerprint density at radius 2 is 1.63 bits per heavy atom. The lowest BCUT2D eigenvalue weighted by atomic mass is 10.0. The van der Waals surface area contributed by atoms with Crippen molar-refractivity contribution >= 4 is 29.0 Å². The molecule has 0 atom stereocenters. The summed E-state index contributed by atoms with van der Waals surface area (Å²) in [7, 11) is 0. The molecule has 2 aromatic carbocycles. The summed E-state index contributed by atoms with van der Waals surface area (Å²) in [5, 5.41) is 9.07. The van der Waals surface area contributed by atoms with Gasteiger partial charge in [0.2, 0.25) is 5.91 Å². The molecule has 5 rings (SSSR count). The van der Waals surface area contributed by atoms with Crippen molar-refractivity contribution in [2.75, 3.05) is 10.7 Å². The molecule has 1 amide bonds. The highest BCUT2D eigenvalue weighted by Crippen LogP contribution is 2.39. The van der Waals surface area contributed by atoms with Gasteiger partial charge in [0.05, 0.1) is 17.1 Å². The molecule has 6 heteroatoms. The average Bonchev–Trinajstić information content (AvgIpc) is 3.47. The molecule has 1 fully saturated rings. The van der Waals surface area contributed by atoms with Crippen molar-refractivity contribution in [1.82, 2.24) is 14.8 Å². The first-order valence-electron chi connectivity index (χ1n) is 9.32. The van der Waals surface area contributed by atoms with Gasteiger partial charge in [-0.25, -0.2) is 0 Å². The number of carbonyl (C=O) groups excluding carboxylic acids is 1. The van der Waals surface area contributed by atoms with Crippen molar-refractivity contribution in [3.63, 3.8) is 0 Å². The second-order valence-corrected chi connectivity index (χ2v) is 7.97. The fourth-order valence-electron chi connectivity index (χ4n) is 3.68. The standard InChI is InChI=1S/C21H20N4OS/c26-20(13-27-21-23-22-14-24(21)17-11-12-17)25-18-7-3-1-5-15(18)9-10-16-6-2-4-8-19(16)25/h1-8,14,17H,9-13H2. The predicted molar refractivity (Wildman–Crippen MR) is 106 cm³/mol. The molecule has 2 heterocycles. The molecule has 1 aliphatic carbocycles. The fraction of sp³-hybridized carbons (Fsp3) is 0.286. The van der Waals surface area contributed by atoms with Gasteiger partial charge in [0, 0.05) is 6.04 Å². The largest absolute Gasteiger partial charge is 0.306 e. The molecule has 0 unspecified atom stereocenters. The number of nitrogens with zero attached hydrogens (tertiary/aromatic N) is 4. The van der Waals surface area contributed by atoms with E-state index < -0.39 is 0 Å². The lowest BCUT2D eigenvalue weighted by Gasteiger charge is -2.24. The first-order valence-corrected chi connectivity index (χ1v) is 10.3. The average molecular weight is 376 g/mol. The van der Waals surface area contributed by atoms with Crippen LogP contribution in [0.5, 0.6) is 0 Å². The highest BCUT2D eigenvalue weighted by atomic mass is 32.2. The molecule has 0 spiro atoms. The topological polar surface area (TPSA) is 51.0 Å². The van der Waals surface area contributed by atoms with Gasteiger partial charge in [-0.1, -0.05) is 48.2 Å². The van der Waals surface area contributed by atoms with Gasteiger partial charge < -0.3 is 4.57 Å². The van der Waals surface area contributed by atoms with Crippen LogP contribution in [0.4, 0.5) is 11.4 Å². The summed E-state index contributed by atoms with van der Waals surface area (Å²) >= 11 is 1.48. The van der Waals surface area contributed by atoms with Gasteiger partial charge in [-0.3, -0.25) is 9.69 Å². The first-order chi connectivity index (χ1) is 13.3. The molecule has 1 saturated carbocycles. The Morgan fingerprint density at radius 3 is 2.26 bits per heavy atom. The number of thioether (sulfide) groups is 1. The van der Waals surface area contributed by atoms with Crippen LogP contribution in [0.1, 0.15) is 30.0 Å². The van der Waals surface area contributed by atoms with Crippen molar-refractivity contribution in [2.24, 2.45) is 0 Å². The summed E-state index contributed by atoms with van der Waals surface area (Å²) in [6, 6.07) is 17.0. The second-order valence-electron chi connectivity index (χ2n) is 7.03. The summed E-state index contributed by atoms with van der Waals surface area (Å²) in [5.74, 6) is 0.417. The molecule has 27 heavy (non-hydrogen) atoms. The maximum absolute atomic E-state index is 13.3. The molecule has 0 bridgehead atoms. The highest BCUT2D eigenvalue weighted by molar-refractivity contribution is 7.99. The summed E-state index contributed by atoms with van der Waals surface area (Å²) in [5.41, 5.74) is 4.43. The van der Waals surface area contributed by atoms with E-state index in [1.165, 1.54) is 35.7 Å². The first kappa shape index (κ1) is 16.6. The number of hydrogen-bond acceptors (Lipinski definition) is 4. The van der Waals surface area contributed by atoms with E-state index in [0.29, 0.717) is 11.8 Å². The number of benzene rings is 2. The SMILES string of the molecule is O=C(CSc1nncn1C1CC1)N1c2ccccc2CCc2ccccc21. The van der Waals surface area contributed by atoms with Gasteiger partial charge in [-0.2, -0.15) is 0 Å². The Bertz CT molecular complexity index is 948. The maximum Gasteiger partial charge on any atom is 0.242 e. The van der Waals surface area contributed by atoms with Crippen LogP contribution in [0.3, 0.4) is 0 Å². The van der Waals surface area contributed by atoms with Crippen LogP contribution in [-0.2, 0) is 17.6 Å². The Kier molecular flexibility index (Phi) is 4.20. The van der Waals surface area contributed by atoms with E-state index in [2.05, 4.69) is 26.9 Å². The monoisotopic (exact) mass is 376 g/mol. The number of carbonyl (C=O) groups is 1. The number of amides is 1. The maximum atomic E-state index is 13.3. The number of fused-ring (bicyclic) bond motifs is 2. The quantitative estimate of drug-likeness (QED) is 0.642. The lowest BCUT2D eigenvalue weighted by molar-refractivity contribution is -0.115. The number of aryl methyl sites for hydroxylation is 2. The Balaban J connectivity index is 1.46. The van der Waals surface area contributed by atoms with Gasteiger partial charge in [0.1, 0.15) is 6.33 Å². The molecule has 136 valence electrons. The minimum atomic E-state index is 0.0761. The van der Waals surface area contributed by atoms with Crippen LogP contribution in [-0.4, -0.2) is 26.4 Å². The van der Waals surface area contributed by atoms with Crippen LogP contribution in [0.15, 0.2) is 60.0 Å². The minimum Gasteiger partial charge on any atom is -0.306 e. The molecule has 5 nitrogen and oxygen atoms in total. The van der Waals surface area contributed by atoms with Crippen molar-refractivity contribution in [1.29, 1.82) is 0 Å². The third-order valence-electron chi connectivity index (χ3n) is 5.18. The van der Waals surface area contributed by atoms with Gasteiger partial charge in [0.15, 0.2) is 5.16 Å². The normalized spacial score (nSPS) is 15.8. The van der Waals surface area contributed by atoms with Crippen LogP contribution in [0.2, 0.25) is 0 Å². The summed E-state index contributed by atoms with van der Waals surface area (Å²) in [6.45, 7) is 0. The van der Waals surface area contributed by atoms with Gasteiger partial charge in [0.25, 0.3) is 0 Å². The van der Waals surface area contributed by atoms with Crippen molar-refractivity contribution in [3.8, 4) is 0 Å². The third-order valence-corrected chi connectivity index (χ3v) is 6.13. The molecule has 1 aliphatic heterocycles. The van der Waals surface area contributed by atoms with Crippen molar-refractivity contribution < 1.29 is 4.79 Å². The van der Waals surface area contributed by atoms with E-state index in [4.69, 9.17) is 0 Å². The van der Waals surface area contributed by atoms with Crippen LogP contribution in [0, 0.1) is 0 Å². The molecule has 1 aromatic heterocycles. The lowest BCUT2D eigenvalue weighted by Crippen LogP contribution is -2.28. The van der Waals surface area contributed by atoms with E-state index >= 15 is 0 Å². The number of rotatable bonds is 4. The van der Waals surface area contributed by atoms with Gasteiger partial charge >= 0.3 is 0 Å². The van der Waals surface area contributed by atoms with E-state index in [1.54, 1.807) is 6.33 Å². The summed E-state index contributed by atoms with van der Waals surface area (Å²) in [4.78, 5) is 15.2. The number of aromatic nitrogens is 3. The number of para-hydroxylation sites is 2. The molecule has 0 radical (unpaired) electrons. The molecule has 3 aromatic rings. The molecule has 2 aliphatic rings. The highest BCUT2D eigenvalue weighted by Gasteiger charge is 2.28. The van der Waals surface area contributed by atoms with Gasteiger partial charge in [-0.05, 0) is 48.9 Å². The Hall–Kier alpha value is -2.60. The fourth-order valence-corrected chi connectivity index (χ4v) is 4.51. The van der Waals surface area contributed by atoms with E-state index in [9.17, 15) is 4.79 Å². The van der Waals surface area contributed by atoms with Crippen molar-refractivity contribution in [2.45, 2.75) is 36.9 Å². The molecule has 0 N–H and O–H groups in total. The van der Waals surface area contributed by atoms with Crippen LogP contribution in [0.25, 0.3) is 0 Å². The number of anilines is 2. The zero-order chi connectivity index (χ0) is 18.2. The predicted octanol–water partition coefficient (Wildman–Crippen LogP) is 4.17. The van der Waals surface area contributed by atoms with E-state index in [1.807, 2.05) is 41.3 Å². The molecule has 0 saturated heterocycles. The van der Waals surface area contributed by atoms with E-state index in [0.717, 1.165) is 29.4 Å². The zero-order valence-electron chi connectivity index (χ0n) is 14.9. The Morgan fingerprint density at radius 1 is 1.00 bits per heavy atom. The zero-order valence-corrected chi connectivity index (χ0v) is 15.7. The van der Waals surface area contributed by atoms with E-state index in [-0.39, 0.29) is 5.91 Å². The van der Waals surface area contributed by atoms with Crippen LogP contribution >= 0.6 is 11.8 Å². The Labute approximate surface area is 162 Å². The molecular formula is C21H20N4OS. The minimum absolute atomic E-state index is 0.0761. The summed E-state index contributed by atoms with van der Waals surface area (Å²) in [6.07, 6.45) is 6.01. The third kappa shape index (κ3) is 3.14. The van der Waals surface area contributed by atoms with Crippen LogP contribution < -0.4 is 4.90 Å². The molecular weight excluding hydrogens is 356 g/mol. The van der Waals surface area contributed by atoms with Crippen molar-refractivity contribution in [3.05, 3.63) is 66.0 Å². The smallest absolute Gasteiger partial charge is 0.242 e. The number of hydrogen-bond donors (Lipinski definition) is 0. The summed E-state index contributed by atoms with van der Waals surface area (Å²) < 4.78 is 2.10. The van der Waals surface area contributed by atoms with Gasteiger partial charge in [-0.15, -0.1) is 10.2 Å².